The third-order valence-corrected chi connectivity index (χ3v) is 4.18. The number of benzene rings is 1. The molecule has 1 aliphatic rings. The highest BCUT2D eigenvalue weighted by Crippen LogP contribution is 2.37. The summed E-state index contributed by atoms with van der Waals surface area (Å²) >= 11 is 0. The van der Waals surface area contributed by atoms with Crippen LogP contribution in [0.4, 0.5) is 5.95 Å². The van der Waals surface area contributed by atoms with E-state index in [2.05, 4.69) is 10.1 Å². The number of nitrogens with zero attached hydrogens (tertiary/aromatic N) is 3. The highest BCUT2D eigenvalue weighted by Gasteiger charge is 2.36. The second-order valence-electron chi connectivity index (χ2n) is 5.44. The minimum Gasteiger partial charge on any atom is -0.493 e. The molecular formula is C15H18N4O4. The van der Waals surface area contributed by atoms with Crippen molar-refractivity contribution >= 4 is 11.9 Å². The van der Waals surface area contributed by atoms with Crippen LogP contribution in [-0.4, -0.2) is 40.1 Å². The van der Waals surface area contributed by atoms with E-state index in [9.17, 15) is 9.90 Å². The molecule has 0 fully saturated rings. The third kappa shape index (κ3) is 2.67. The lowest BCUT2D eigenvalue weighted by Gasteiger charge is -2.29. The number of aromatic nitrogens is 3. The first-order valence-corrected chi connectivity index (χ1v) is 7.17. The maximum absolute atomic E-state index is 11.7. The van der Waals surface area contributed by atoms with E-state index in [1.54, 1.807) is 25.0 Å². The Hall–Kier alpha value is -2.77. The molecule has 2 atom stereocenters. The molecular weight excluding hydrogens is 300 g/mol. The topological polar surface area (TPSA) is 112 Å². The van der Waals surface area contributed by atoms with Crippen LogP contribution in [0.5, 0.6) is 11.5 Å². The van der Waals surface area contributed by atoms with Crippen molar-refractivity contribution in [3.05, 3.63) is 29.6 Å². The second-order valence-corrected chi connectivity index (χ2v) is 5.44. The number of hydrogen-bond acceptors (Lipinski definition) is 6. The number of methoxy groups -OCH3 is 2. The number of nitrogen functional groups attached to an aromatic ring is 1. The van der Waals surface area contributed by atoms with Crippen molar-refractivity contribution in [2.45, 2.75) is 18.9 Å². The fraction of sp³-hybridized carbons (Fsp3) is 0.400. The number of carboxylic acids is 1. The molecule has 122 valence electrons. The maximum Gasteiger partial charge on any atom is 0.307 e. The van der Waals surface area contributed by atoms with Crippen LogP contribution in [-0.2, 0) is 17.8 Å². The first-order chi connectivity index (χ1) is 11.0. The number of anilines is 1. The van der Waals surface area contributed by atoms with Crippen molar-refractivity contribution < 1.29 is 19.4 Å². The van der Waals surface area contributed by atoms with Crippen molar-refractivity contribution in [1.29, 1.82) is 0 Å². The summed E-state index contributed by atoms with van der Waals surface area (Å²) < 4.78 is 12.2. The van der Waals surface area contributed by atoms with E-state index in [1.165, 1.54) is 0 Å². The molecule has 3 N–H and O–H groups in total. The molecule has 3 rings (SSSR count). The molecule has 0 saturated heterocycles. The lowest BCUT2D eigenvalue weighted by molar-refractivity contribution is -0.143. The molecule has 2 heterocycles. The van der Waals surface area contributed by atoms with Gasteiger partial charge < -0.3 is 20.3 Å². The molecule has 2 unspecified atom stereocenters. The number of carboxylic acid groups (broad SMARTS) is 1. The van der Waals surface area contributed by atoms with E-state index in [4.69, 9.17) is 15.2 Å². The SMILES string of the molecule is COc1ccc(C2Cn3nc(N)nc3CC2C(=O)O)cc1OC. The molecule has 0 radical (unpaired) electrons. The maximum atomic E-state index is 11.7. The number of ether oxygens (including phenoxy) is 2. The largest absolute Gasteiger partial charge is 0.493 e. The van der Waals surface area contributed by atoms with Gasteiger partial charge in [-0.15, -0.1) is 5.10 Å². The third-order valence-electron chi connectivity index (χ3n) is 4.18. The zero-order valence-electron chi connectivity index (χ0n) is 12.9. The molecule has 8 nitrogen and oxygen atoms in total. The number of rotatable bonds is 4. The van der Waals surface area contributed by atoms with E-state index in [0.717, 1.165) is 5.56 Å². The van der Waals surface area contributed by atoms with Gasteiger partial charge in [0.25, 0.3) is 0 Å². The van der Waals surface area contributed by atoms with Crippen LogP contribution in [0.15, 0.2) is 18.2 Å². The van der Waals surface area contributed by atoms with Crippen LogP contribution in [0, 0.1) is 5.92 Å². The van der Waals surface area contributed by atoms with Gasteiger partial charge in [0, 0.05) is 12.3 Å². The molecule has 1 aromatic carbocycles. The minimum atomic E-state index is -0.863. The Morgan fingerprint density at radius 2 is 2.09 bits per heavy atom. The zero-order valence-corrected chi connectivity index (χ0v) is 12.9. The first-order valence-electron chi connectivity index (χ1n) is 7.17. The molecule has 0 saturated carbocycles. The molecule has 8 heteroatoms. The molecule has 0 spiro atoms. The van der Waals surface area contributed by atoms with E-state index in [-0.39, 0.29) is 11.9 Å². The fourth-order valence-electron chi connectivity index (χ4n) is 3.02. The Labute approximate surface area is 132 Å². The highest BCUT2D eigenvalue weighted by atomic mass is 16.5. The van der Waals surface area contributed by atoms with Gasteiger partial charge in [-0.05, 0) is 17.7 Å². The molecule has 1 aromatic heterocycles. The summed E-state index contributed by atoms with van der Waals surface area (Å²) in [7, 11) is 3.11. The van der Waals surface area contributed by atoms with Gasteiger partial charge in [0.2, 0.25) is 5.95 Å². The smallest absolute Gasteiger partial charge is 0.307 e. The Kier molecular flexibility index (Phi) is 3.81. The predicted octanol–water partition coefficient (Wildman–Crippen LogP) is 0.918. The predicted molar refractivity (Wildman–Crippen MR) is 81.6 cm³/mol. The summed E-state index contributed by atoms with van der Waals surface area (Å²) in [5, 5.41) is 13.7. The number of aliphatic carboxylic acids is 1. The minimum absolute atomic E-state index is 0.164. The quantitative estimate of drug-likeness (QED) is 0.861. The highest BCUT2D eigenvalue weighted by molar-refractivity contribution is 5.72. The second kappa shape index (κ2) is 5.79. The number of carbonyl (C=O) groups is 1. The zero-order chi connectivity index (χ0) is 16.6. The van der Waals surface area contributed by atoms with Crippen LogP contribution < -0.4 is 15.2 Å². The average Bonchev–Trinajstić information content (AvgIpc) is 2.91. The Bertz CT molecular complexity index is 743. The monoisotopic (exact) mass is 318 g/mol. The average molecular weight is 318 g/mol. The molecule has 1 aliphatic heterocycles. The van der Waals surface area contributed by atoms with Crippen molar-refractivity contribution in [3.8, 4) is 11.5 Å². The van der Waals surface area contributed by atoms with Crippen LogP contribution >= 0.6 is 0 Å². The molecule has 0 aliphatic carbocycles. The summed E-state index contributed by atoms with van der Waals surface area (Å²) in [6, 6.07) is 5.44. The number of fused-ring (bicyclic) bond motifs is 1. The van der Waals surface area contributed by atoms with Gasteiger partial charge in [-0.1, -0.05) is 6.07 Å². The Morgan fingerprint density at radius 1 is 1.35 bits per heavy atom. The normalized spacial score (nSPS) is 19.9. The summed E-state index contributed by atoms with van der Waals surface area (Å²) in [4.78, 5) is 15.8. The van der Waals surface area contributed by atoms with E-state index < -0.39 is 11.9 Å². The summed E-state index contributed by atoms with van der Waals surface area (Å²) in [6.07, 6.45) is 0.290. The van der Waals surface area contributed by atoms with Gasteiger partial charge in [-0.25, -0.2) is 4.68 Å². The van der Waals surface area contributed by atoms with E-state index in [0.29, 0.717) is 30.3 Å². The van der Waals surface area contributed by atoms with Crippen molar-refractivity contribution in [3.63, 3.8) is 0 Å². The summed E-state index contributed by atoms with van der Waals surface area (Å²) in [6.45, 7) is 0.409. The molecule has 0 amide bonds. The Balaban J connectivity index is 2.01. The van der Waals surface area contributed by atoms with Gasteiger partial charge in [-0.3, -0.25) is 4.79 Å². The summed E-state index contributed by atoms with van der Waals surface area (Å²) in [5.41, 5.74) is 6.48. The fourth-order valence-corrected chi connectivity index (χ4v) is 3.02. The van der Waals surface area contributed by atoms with Crippen LogP contribution in [0.1, 0.15) is 17.3 Å². The van der Waals surface area contributed by atoms with Crippen LogP contribution in [0.2, 0.25) is 0 Å². The van der Waals surface area contributed by atoms with Gasteiger partial charge in [-0.2, -0.15) is 4.98 Å². The number of nitrogens with two attached hydrogens (primary N) is 1. The lowest BCUT2D eigenvalue weighted by Crippen LogP contribution is -2.33. The van der Waals surface area contributed by atoms with Gasteiger partial charge >= 0.3 is 5.97 Å². The van der Waals surface area contributed by atoms with Gasteiger partial charge in [0.05, 0.1) is 26.7 Å². The van der Waals surface area contributed by atoms with Crippen molar-refractivity contribution in [1.82, 2.24) is 14.8 Å². The first kappa shape index (κ1) is 15.1. The molecule has 23 heavy (non-hydrogen) atoms. The molecule has 0 bridgehead atoms. The van der Waals surface area contributed by atoms with Crippen LogP contribution in [0.3, 0.4) is 0 Å². The van der Waals surface area contributed by atoms with E-state index in [1.807, 2.05) is 12.1 Å². The van der Waals surface area contributed by atoms with Crippen molar-refractivity contribution in [2.75, 3.05) is 20.0 Å². The number of hydrogen-bond donors (Lipinski definition) is 2. The lowest BCUT2D eigenvalue weighted by atomic mass is 9.81. The van der Waals surface area contributed by atoms with Crippen molar-refractivity contribution in [2.24, 2.45) is 5.92 Å². The van der Waals surface area contributed by atoms with Gasteiger partial charge in [0.15, 0.2) is 11.5 Å². The van der Waals surface area contributed by atoms with E-state index >= 15 is 0 Å². The standard InChI is InChI=1S/C15H18N4O4/c1-22-11-4-3-8(5-12(11)23-2)10-7-19-13(17-15(16)18-19)6-9(10)14(20)21/h3-5,9-10H,6-7H2,1-2H3,(H2,16,18)(H,20,21). The summed E-state index contributed by atoms with van der Waals surface area (Å²) in [5.74, 6) is 0.231. The Morgan fingerprint density at radius 3 is 2.74 bits per heavy atom. The van der Waals surface area contributed by atoms with Crippen LogP contribution in [0.25, 0.3) is 0 Å². The van der Waals surface area contributed by atoms with Gasteiger partial charge in [0.1, 0.15) is 5.82 Å². The molecule has 2 aromatic rings.